The first-order valence-corrected chi connectivity index (χ1v) is 5.40. The summed E-state index contributed by atoms with van der Waals surface area (Å²) in [4.78, 5) is 12.1. The van der Waals surface area contributed by atoms with Crippen molar-refractivity contribution in [3.63, 3.8) is 0 Å². The predicted molar refractivity (Wildman–Crippen MR) is 61.5 cm³/mol. The Bertz CT molecular complexity index is 437. The molecule has 0 spiro atoms. The fraction of sp³-hybridized carbons (Fsp3) is 0.462. The van der Waals surface area contributed by atoms with Gasteiger partial charge in [-0.2, -0.15) is 0 Å². The number of carbonyl (C=O) groups excluding carboxylic acids is 1. The second-order valence-corrected chi connectivity index (χ2v) is 4.24. The molecule has 0 N–H and O–H groups in total. The number of rotatable bonds is 2. The molecule has 0 unspecified atom stereocenters. The number of carbonyl (C=O) groups is 1. The van der Waals surface area contributed by atoms with Gasteiger partial charge in [-0.05, 0) is 17.5 Å². The number of hydrogen-bond donors (Lipinski definition) is 0. The summed E-state index contributed by atoms with van der Waals surface area (Å²) in [6.45, 7) is 4.02. The van der Waals surface area contributed by atoms with Crippen molar-refractivity contribution in [1.29, 1.82) is 0 Å². The van der Waals surface area contributed by atoms with E-state index in [9.17, 15) is 4.79 Å². The van der Waals surface area contributed by atoms with Gasteiger partial charge in [0.2, 0.25) is 0 Å². The molecular weight excluding hydrogens is 204 g/mol. The molecule has 2 atom stereocenters. The van der Waals surface area contributed by atoms with E-state index in [1.165, 1.54) is 0 Å². The van der Waals surface area contributed by atoms with Crippen molar-refractivity contribution >= 4 is 5.78 Å². The predicted octanol–water partition coefficient (Wildman–Crippen LogP) is 2.64. The first kappa shape index (κ1) is 11.0. The van der Waals surface area contributed by atoms with Gasteiger partial charge in [0.05, 0.1) is 19.8 Å². The Balaban J connectivity index is 2.64. The van der Waals surface area contributed by atoms with E-state index in [1.807, 2.05) is 13.0 Å². The Hall–Kier alpha value is -1.51. The maximum Gasteiger partial charge on any atom is 0.170 e. The Morgan fingerprint density at radius 2 is 1.75 bits per heavy atom. The SMILES string of the molecule is COc1cc(OC)c2c(c1)[C@H](C)[C@@H](C)C2=O. The van der Waals surface area contributed by atoms with Crippen LogP contribution in [0.2, 0.25) is 0 Å². The highest BCUT2D eigenvalue weighted by atomic mass is 16.5. The number of Topliss-reactive ketones (excluding diaryl/α,β-unsaturated/α-hetero) is 1. The maximum atomic E-state index is 12.1. The van der Waals surface area contributed by atoms with Gasteiger partial charge in [0.1, 0.15) is 11.5 Å². The molecule has 0 fully saturated rings. The lowest BCUT2D eigenvalue weighted by Gasteiger charge is -2.11. The van der Waals surface area contributed by atoms with Crippen LogP contribution in [0.25, 0.3) is 0 Å². The molecule has 3 nitrogen and oxygen atoms in total. The minimum absolute atomic E-state index is 0.0241. The van der Waals surface area contributed by atoms with Crippen LogP contribution in [-0.2, 0) is 0 Å². The van der Waals surface area contributed by atoms with E-state index in [0.717, 1.165) is 16.9 Å². The molecule has 0 heterocycles. The molecule has 1 aromatic rings. The van der Waals surface area contributed by atoms with Gasteiger partial charge >= 0.3 is 0 Å². The summed E-state index contributed by atoms with van der Waals surface area (Å²) in [5.41, 5.74) is 1.76. The second-order valence-electron chi connectivity index (χ2n) is 4.24. The Labute approximate surface area is 95.4 Å². The summed E-state index contributed by atoms with van der Waals surface area (Å²) < 4.78 is 10.5. The smallest absolute Gasteiger partial charge is 0.170 e. The quantitative estimate of drug-likeness (QED) is 0.768. The Morgan fingerprint density at radius 1 is 1.06 bits per heavy atom. The van der Waals surface area contributed by atoms with Crippen LogP contribution in [0.3, 0.4) is 0 Å². The van der Waals surface area contributed by atoms with Crippen molar-refractivity contribution < 1.29 is 14.3 Å². The standard InChI is InChI=1S/C13H16O3/c1-7-8(2)13(14)12-10(7)5-9(15-3)6-11(12)16-4/h5-8H,1-4H3/t7-,8-/m1/s1. The number of ketones is 1. The van der Waals surface area contributed by atoms with Gasteiger partial charge in [0, 0.05) is 12.0 Å². The molecule has 2 rings (SSSR count). The van der Waals surface area contributed by atoms with E-state index in [4.69, 9.17) is 9.47 Å². The Morgan fingerprint density at radius 3 is 2.31 bits per heavy atom. The first-order chi connectivity index (χ1) is 7.60. The fourth-order valence-electron chi connectivity index (χ4n) is 2.24. The minimum Gasteiger partial charge on any atom is -0.497 e. The molecule has 3 heteroatoms. The normalized spacial score (nSPS) is 23.1. The summed E-state index contributed by atoms with van der Waals surface area (Å²) in [6, 6.07) is 3.70. The van der Waals surface area contributed by atoms with Crippen LogP contribution in [-0.4, -0.2) is 20.0 Å². The topological polar surface area (TPSA) is 35.5 Å². The van der Waals surface area contributed by atoms with E-state index in [-0.39, 0.29) is 17.6 Å². The van der Waals surface area contributed by atoms with Crippen molar-refractivity contribution in [2.24, 2.45) is 5.92 Å². The van der Waals surface area contributed by atoms with Gasteiger partial charge in [-0.25, -0.2) is 0 Å². The number of methoxy groups -OCH3 is 2. The van der Waals surface area contributed by atoms with E-state index in [1.54, 1.807) is 20.3 Å². The largest absolute Gasteiger partial charge is 0.497 e. The second kappa shape index (κ2) is 3.81. The average molecular weight is 220 g/mol. The zero-order chi connectivity index (χ0) is 11.9. The van der Waals surface area contributed by atoms with Gasteiger partial charge in [-0.15, -0.1) is 0 Å². The fourth-order valence-corrected chi connectivity index (χ4v) is 2.24. The van der Waals surface area contributed by atoms with Gasteiger partial charge in [-0.3, -0.25) is 4.79 Å². The third-order valence-corrected chi connectivity index (χ3v) is 3.46. The van der Waals surface area contributed by atoms with Crippen LogP contribution >= 0.6 is 0 Å². The number of ether oxygens (including phenoxy) is 2. The molecule has 0 aromatic heterocycles. The van der Waals surface area contributed by atoms with E-state index in [2.05, 4.69) is 6.92 Å². The summed E-state index contributed by atoms with van der Waals surface area (Å²) >= 11 is 0. The lowest BCUT2D eigenvalue weighted by atomic mass is 9.96. The third kappa shape index (κ3) is 1.39. The van der Waals surface area contributed by atoms with Crippen LogP contribution in [0.1, 0.15) is 35.7 Å². The van der Waals surface area contributed by atoms with Gasteiger partial charge in [-0.1, -0.05) is 13.8 Å². The first-order valence-electron chi connectivity index (χ1n) is 5.40. The van der Waals surface area contributed by atoms with Crippen molar-refractivity contribution in [2.75, 3.05) is 14.2 Å². The molecular formula is C13H16O3. The molecule has 86 valence electrons. The Kier molecular flexibility index (Phi) is 2.62. The number of fused-ring (bicyclic) bond motifs is 1. The number of benzene rings is 1. The average Bonchev–Trinajstić information content (AvgIpc) is 2.53. The van der Waals surface area contributed by atoms with Gasteiger partial charge in [0.25, 0.3) is 0 Å². The summed E-state index contributed by atoms with van der Waals surface area (Å²) in [5, 5.41) is 0. The lowest BCUT2D eigenvalue weighted by Crippen LogP contribution is -2.06. The molecule has 0 bridgehead atoms. The monoisotopic (exact) mass is 220 g/mol. The minimum atomic E-state index is 0.0241. The third-order valence-electron chi connectivity index (χ3n) is 3.46. The number of hydrogen-bond acceptors (Lipinski definition) is 3. The maximum absolute atomic E-state index is 12.1. The molecule has 0 amide bonds. The van der Waals surface area contributed by atoms with Crippen molar-refractivity contribution in [1.82, 2.24) is 0 Å². The van der Waals surface area contributed by atoms with Crippen molar-refractivity contribution in [3.05, 3.63) is 23.3 Å². The van der Waals surface area contributed by atoms with Crippen LogP contribution in [0.5, 0.6) is 11.5 Å². The highest BCUT2D eigenvalue weighted by Gasteiger charge is 2.36. The molecule has 0 radical (unpaired) electrons. The summed E-state index contributed by atoms with van der Waals surface area (Å²) in [7, 11) is 3.20. The molecule has 1 aliphatic rings. The van der Waals surface area contributed by atoms with Gasteiger partial charge < -0.3 is 9.47 Å². The van der Waals surface area contributed by atoms with Crippen LogP contribution in [0.15, 0.2) is 12.1 Å². The highest BCUT2D eigenvalue weighted by Crippen LogP contribution is 2.43. The molecule has 0 saturated heterocycles. The van der Waals surface area contributed by atoms with Crippen LogP contribution in [0.4, 0.5) is 0 Å². The van der Waals surface area contributed by atoms with E-state index >= 15 is 0 Å². The summed E-state index contributed by atoms with van der Waals surface area (Å²) in [6.07, 6.45) is 0. The molecule has 1 aliphatic carbocycles. The molecule has 0 aliphatic heterocycles. The van der Waals surface area contributed by atoms with E-state index in [0.29, 0.717) is 5.75 Å². The lowest BCUT2D eigenvalue weighted by molar-refractivity contribution is 0.0934. The molecule has 0 saturated carbocycles. The zero-order valence-electron chi connectivity index (χ0n) is 10.0. The highest BCUT2D eigenvalue weighted by molar-refractivity contribution is 6.05. The van der Waals surface area contributed by atoms with Crippen LogP contribution < -0.4 is 9.47 Å². The zero-order valence-corrected chi connectivity index (χ0v) is 10.0. The molecule has 16 heavy (non-hydrogen) atoms. The molecule has 1 aromatic carbocycles. The van der Waals surface area contributed by atoms with Crippen molar-refractivity contribution in [3.8, 4) is 11.5 Å². The van der Waals surface area contributed by atoms with E-state index < -0.39 is 0 Å². The van der Waals surface area contributed by atoms with Crippen molar-refractivity contribution in [2.45, 2.75) is 19.8 Å². The summed E-state index contributed by atoms with van der Waals surface area (Å²) in [5.74, 6) is 1.78. The van der Waals surface area contributed by atoms with Crippen LogP contribution in [0, 0.1) is 5.92 Å². The van der Waals surface area contributed by atoms with Gasteiger partial charge in [0.15, 0.2) is 5.78 Å².